The number of carboxylic acids is 1. The van der Waals surface area contributed by atoms with Crippen molar-refractivity contribution in [2.24, 2.45) is 0 Å². The van der Waals surface area contributed by atoms with Gasteiger partial charge in [0.1, 0.15) is 17.5 Å². The van der Waals surface area contributed by atoms with Crippen LogP contribution in [0, 0.1) is 17.5 Å². The lowest BCUT2D eigenvalue weighted by Gasteiger charge is -2.17. The highest BCUT2D eigenvalue weighted by molar-refractivity contribution is 5.95. The number of hydrogen-bond acceptors (Lipinski definition) is 2. The van der Waals surface area contributed by atoms with Gasteiger partial charge in [-0.25, -0.2) is 13.2 Å². The van der Waals surface area contributed by atoms with Crippen LogP contribution >= 0.6 is 0 Å². The first kappa shape index (κ1) is 16.5. The molecule has 0 saturated heterocycles. The zero-order valence-corrected chi connectivity index (χ0v) is 11.7. The van der Waals surface area contributed by atoms with E-state index in [2.05, 4.69) is 5.32 Å². The first-order valence-corrected chi connectivity index (χ1v) is 6.60. The van der Waals surface area contributed by atoms with E-state index >= 15 is 0 Å². The summed E-state index contributed by atoms with van der Waals surface area (Å²) in [4.78, 5) is 23.0. The highest BCUT2D eigenvalue weighted by Gasteiger charge is 2.21. The fourth-order valence-corrected chi connectivity index (χ4v) is 2.03. The number of aliphatic carboxylic acids is 1. The molecule has 0 bridgehead atoms. The minimum Gasteiger partial charge on any atom is -0.481 e. The van der Waals surface area contributed by atoms with Crippen molar-refractivity contribution in [3.8, 4) is 0 Å². The van der Waals surface area contributed by atoms with Crippen LogP contribution < -0.4 is 5.32 Å². The van der Waals surface area contributed by atoms with E-state index in [1.54, 1.807) is 0 Å². The number of carboxylic acid groups (broad SMARTS) is 1. The molecule has 0 radical (unpaired) electrons. The molecule has 0 aromatic heterocycles. The van der Waals surface area contributed by atoms with E-state index < -0.39 is 47.4 Å². The Morgan fingerprint density at radius 2 is 1.61 bits per heavy atom. The molecule has 120 valence electrons. The fourth-order valence-electron chi connectivity index (χ4n) is 2.03. The van der Waals surface area contributed by atoms with E-state index in [-0.39, 0.29) is 0 Å². The van der Waals surface area contributed by atoms with Crippen LogP contribution in [0.1, 0.15) is 28.4 Å². The van der Waals surface area contributed by atoms with Crippen LogP contribution in [0.3, 0.4) is 0 Å². The van der Waals surface area contributed by atoms with Gasteiger partial charge in [0.05, 0.1) is 18.0 Å². The predicted octanol–water partition coefficient (Wildman–Crippen LogP) is 3.05. The smallest absolute Gasteiger partial charge is 0.305 e. The molecule has 0 spiro atoms. The third kappa shape index (κ3) is 4.32. The van der Waals surface area contributed by atoms with E-state index in [4.69, 9.17) is 5.11 Å². The Hall–Kier alpha value is -2.83. The van der Waals surface area contributed by atoms with Crippen LogP contribution in [0.4, 0.5) is 13.2 Å². The van der Waals surface area contributed by atoms with Crippen LogP contribution in [0.15, 0.2) is 42.5 Å². The predicted molar refractivity (Wildman–Crippen MR) is 75.2 cm³/mol. The molecule has 0 aliphatic rings. The lowest BCUT2D eigenvalue weighted by molar-refractivity contribution is -0.137. The van der Waals surface area contributed by atoms with Gasteiger partial charge in [-0.1, -0.05) is 12.1 Å². The zero-order valence-electron chi connectivity index (χ0n) is 11.7. The van der Waals surface area contributed by atoms with Gasteiger partial charge in [0.25, 0.3) is 5.91 Å². The molecular formula is C16H12F3NO3. The largest absolute Gasteiger partial charge is 0.481 e. The van der Waals surface area contributed by atoms with Gasteiger partial charge in [-0.15, -0.1) is 0 Å². The molecule has 0 fully saturated rings. The number of hydrogen-bond donors (Lipinski definition) is 2. The number of nitrogens with one attached hydrogen (secondary N) is 1. The molecule has 2 N–H and O–H groups in total. The third-order valence-electron chi connectivity index (χ3n) is 3.13. The molecule has 23 heavy (non-hydrogen) atoms. The number of benzene rings is 2. The van der Waals surface area contributed by atoms with Crippen molar-refractivity contribution in [1.82, 2.24) is 5.32 Å². The van der Waals surface area contributed by atoms with Crippen molar-refractivity contribution in [3.63, 3.8) is 0 Å². The number of amides is 1. The van der Waals surface area contributed by atoms with Crippen molar-refractivity contribution < 1.29 is 27.9 Å². The Kier molecular flexibility index (Phi) is 5.00. The van der Waals surface area contributed by atoms with Gasteiger partial charge in [-0.2, -0.15) is 0 Å². The average molecular weight is 323 g/mol. The van der Waals surface area contributed by atoms with Crippen LogP contribution in [-0.4, -0.2) is 17.0 Å². The van der Waals surface area contributed by atoms with Crippen molar-refractivity contribution >= 4 is 11.9 Å². The SMILES string of the molecule is O=C(O)CC(NC(=O)c1cc(F)ccc1F)c1ccc(F)cc1. The maximum atomic E-state index is 13.6. The molecule has 1 unspecified atom stereocenters. The molecule has 0 aliphatic heterocycles. The summed E-state index contributed by atoms with van der Waals surface area (Å²) in [6.45, 7) is 0. The van der Waals surface area contributed by atoms with Crippen LogP contribution in [-0.2, 0) is 4.79 Å². The average Bonchev–Trinajstić information content (AvgIpc) is 2.49. The highest BCUT2D eigenvalue weighted by Crippen LogP contribution is 2.19. The van der Waals surface area contributed by atoms with Crippen LogP contribution in [0.5, 0.6) is 0 Å². The Morgan fingerprint density at radius 1 is 1.00 bits per heavy atom. The van der Waals surface area contributed by atoms with E-state index in [9.17, 15) is 22.8 Å². The molecule has 0 heterocycles. The monoisotopic (exact) mass is 323 g/mol. The molecule has 2 aromatic rings. The standard InChI is InChI=1S/C16H12F3NO3/c17-10-3-1-9(2-4-10)14(8-15(21)22)20-16(23)12-7-11(18)5-6-13(12)19/h1-7,14H,8H2,(H,20,23)(H,21,22). The molecule has 7 heteroatoms. The molecule has 0 aliphatic carbocycles. The second kappa shape index (κ2) is 6.95. The first-order chi connectivity index (χ1) is 10.9. The normalized spacial score (nSPS) is 11.8. The Balaban J connectivity index is 2.26. The van der Waals surface area contributed by atoms with Gasteiger partial charge in [0.15, 0.2) is 0 Å². The Bertz CT molecular complexity index is 732. The lowest BCUT2D eigenvalue weighted by atomic mass is 10.0. The van der Waals surface area contributed by atoms with Crippen LogP contribution in [0.25, 0.3) is 0 Å². The molecule has 0 saturated carbocycles. The molecule has 2 aromatic carbocycles. The van der Waals surface area contributed by atoms with Gasteiger partial charge < -0.3 is 10.4 Å². The quantitative estimate of drug-likeness (QED) is 0.889. The zero-order chi connectivity index (χ0) is 17.0. The van der Waals surface area contributed by atoms with E-state index in [1.807, 2.05) is 0 Å². The summed E-state index contributed by atoms with van der Waals surface area (Å²) in [6.07, 6.45) is -0.492. The molecule has 1 atom stereocenters. The maximum Gasteiger partial charge on any atom is 0.305 e. The Labute approximate surface area is 129 Å². The molecular weight excluding hydrogens is 311 g/mol. The summed E-state index contributed by atoms with van der Waals surface area (Å²) in [7, 11) is 0. The number of halogens is 3. The third-order valence-corrected chi connectivity index (χ3v) is 3.13. The van der Waals surface area contributed by atoms with Gasteiger partial charge >= 0.3 is 5.97 Å². The number of carbonyl (C=O) groups excluding carboxylic acids is 1. The second-order valence-corrected chi connectivity index (χ2v) is 4.80. The number of rotatable bonds is 5. The summed E-state index contributed by atoms with van der Waals surface area (Å²) in [5.41, 5.74) is -0.207. The van der Waals surface area contributed by atoms with Crippen molar-refractivity contribution in [2.45, 2.75) is 12.5 Å². The van der Waals surface area contributed by atoms with Crippen LogP contribution in [0.2, 0.25) is 0 Å². The van der Waals surface area contributed by atoms with Crippen molar-refractivity contribution in [1.29, 1.82) is 0 Å². The van der Waals surface area contributed by atoms with E-state index in [0.29, 0.717) is 11.6 Å². The highest BCUT2D eigenvalue weighted by atomic mass is 19.1. The number of carbonyl (C=O) groups is 2. The lowest BCUT2D eigenvalue weighted by Crippen LogP contribution is -2.31. The van der Waals surface area contributed by atoms with Crippen molar-refractivity contribution in [2.75, 3.05) is 0 Å². The van der Waals surface area contributed by atoms with Crippen molar-refractivity contribution in [3.05, 3.63) is 71.0 Å². The van der Waals surface area contributed by atoms with Gasteiger partial charge in [0, 0.05) is 0 Å². The Morgan fingerprint density at radius 3 is 2.22 bits per heavy atom. The molecule has 4 nitrogen and oxygen atoms in total. The van der Waals surface area contributed by atoms with Gasteiger partial charge in [0.2, 0.25) is 0 Å². The summed E-state index contributed by atoms with van der Waals surface area (Å²) < 4.78 is 39.7. The summed E-state index contributed by atoms with van der Waals surface area (Å²) in [5, 5.41) is 11.2. The second-order valence-electron chi connectivity index (χ2n) is 4.80. The summed E-state index contributed by atoms with van der Waals surface area (Å²) in [5.74, 6) is -4.42. The topological polar surface area (TPSA) is 66.4 Å². The minimum absolute atomic E-state index is 0.332. The molecule has 2 rings (SSSR count). The summed E-state index contributed by atoms with van der Waals surface area (Å²) in [6, 6.07) is 6.21. The van der Waals surface area contributed by atoms with E-state index in [0.717, 1.165) is 24.3 Å². The van der Waals surface area contributed by atoms with Gasteiger partial charge in [-0.3, -0.25) is 9.59 Å². The summed E-state index contributed by atoms with van der Waals surface area (Å²) >= 11 is 0. The maximum absolute atomic E-state index is 13.6. The first-order valence-electron chi connectivity index (χ1n) is 6.60. The van der Waals surface area contributed by atoms with E-state index in [1.165, 1.54) is 12.1 Å². The minimum atomic E-state index is -1.21. The van der Waals surface area contributed by atoms with Gasteiger partial charge in [-0.05, 0) is 35.9 Å². The molecule has 1 amide bonds. The fraction of sp³-hybridized carbons (Fsp3) is 0.125.